The number of imide groups is 1. The molecule has 1 aromatic rings. The van der Waals surface area contributed by atoms with Gasteiger partial charge in [-0.3, -0.25) is 29.9 Å². The van der Waals surface area contributed by atoms with Crippen molar-refractivity contribution in [2.75, 3.05) is 0 Å². The SMILES string of the molecule is CC(=O)N1NC(=O)C(N=Nc2ccccc2[N+](=O)[O-])C1=O. The number of para-hydroxylation sites is 1. The molecule has 1 atom stereocenters. The Labute approximate surface area is 117 Å². The number of hydrogen-bond donors (Lipinski definition) is 1. The van der Waals surface area contributed by atoms with Crippen molar-refractivity contribution in [2.24, 2.45) is 10.2 Å². The van der Waals surface area contributed by atoms with Crippen molar-refractivity contribution in [3.63, 3.8) is 0 Å². The summed E-state index contributed by atoms with van der Waals surface area (Å²) < 4.78 is 0. The van der Waals surface area contributed by atoms with Crippen LogP contribution in [0.5, 0.6) is 0 Å². The van der Waals surface area contributed by atoms with Gasteiger partial charge in [-0.25, -0.2) is 0 Å². The molecule has 0 bridgehead atoms. The van der Waals surface area contributed by atoms with Gasteiger partial charge in [0.25, 0.3) is 17.5 Å². The lowest BCUT2D eigenvalue weighted by atomic mass is 10.3. The van der Waals surface area contributed by atoms with E-state index in [-0.39, 0.29) is 11.4 Å². The molecular formula is C11H9N5O5. The number of carbonyl (C=O) groups is 3. The summed E-state index contributed by atoms with van der Waals surface area (Å²) in [6.45, 7) is 1.10. The highest BCUT2D eigenvalue weighted by Gasteiger charge is 2.41. The number of rotatable bonds is 3. The van der Waals surface area contributed by atoms with Crippen molar-refractivity contribution in [3.05, 3.63) is 34.4 Å². The fraction of sp³-hybridized carbons (Fsp3) is 0.182. The normalized spacial score (nSPS) is 18.1. The molecule has 3 amide bonds. The number of azo groups is 1. The van der Waals surface area contributed by atoms with Gasteiger partial charge in [-0.2, -0.15) is 10.1 Å². The molecule has 10 heteroatoms. The van der Waals surface area contributed by atoms with Crippen LogP contribution in [0.3, 0.4) is 0 Å². The van der Waals surface area contributed by atoms with Gasteiger partial charge in [0, 0.05) is 13.0 Å². The lowest BCUT2D eigenvalue weighted by Gasteiger charge is -2.08. The van der Waals surface area contributed by atoms with Gasteiger partial charge in [-0.1, -0.05) is 12.1 Å². The first-order valence-corrected chi connectivity index (χ1v) is 5.71. The minimum absolute atomic E-state index is 0.0932. The zero-order chi connectivity index (χ0) is 15.6. The first-order chi connectivity index (χ1) is 9.91. The fourth-order valence-electron chi connectivity index (χ4n) is 1.62. The van der Waals surface area contributed by atoms with E-state index in [1.807, 2.05) is 5.43 Å². The number of hydrazine groups is 1. The molecule has 108 valence electrons. The van der Waals surface area contributed by atoms with E-state index in [9.17, 15) is 24.5 Å². The van der Waals surface area contributed by atoms with Crippen molar-refractivity contribution < 1.29 is 19.3 Å². The summed E-state index contributed by atoms with van der Waals surface area (Å²) in [5, 5.41) is 18.4. The molecule has 21 heavy (non-hydrogen) atoms. The smallest absolute Gasteiger partial charge is 0.273 e. The molecule has 0 radical (unpaired) electrons. The third-order valence-corrected chi connectivity index (χ3v) is 2.60. The average Bonchev–Trinajstić information content (AvgIpc) is 2.72. The van der Waals surface area contributed by atoms with Crippen LogP contribution in [0, 0.1) is 10.1 Å². The molecule has 0 aliphatic carbocycles. The Morgan fingerprint density at radius 2 is 2.05 bits per heavy atom. The molecular weight excluding hydrogens is 282 g/mol. The van der Waals surface area contributed by atoms with Crippen LogP contribution in [0.4, 0.5) is 11.4 Å². The second-order valence-corrected chi connectivity index (χ2v) is 4.03. The van der Waals surface area contributed by atoms with Crippen molar-refractivity contribution >= 4 is 29.1 Å². The molecule has 1 unspecified atom stereocenters. The van der Waals surface area contributed by atoms with Crippen LogP contribution in [0.15, 0.2) is 34.5 Å². The Morgan fingerprint density at radius 3 is 2.62 bits per heavy atom. The van der Waals surface area contributed by atoms with Crippen molar-refractivity contribution in [3.8, 4) is 0 Å². The Balaban J connectivity index is 2.26. The van der Waals surface area contributed by atoms with Crippen molar-refractivity contribution in [2.45, 2.75) is 13.0 Å². The van der Waals surface area contributed by atoms with Crippen LogP contribution >= 0.6 is 0 Å². The van der Waals surface area contributed by atoms with Gasteiger partial charge in [0.1, 0.15) is 0 Å². The number of nitrogens with zero attached hydrogens (tertiary/aromatic N) is 4. The van der Waals surface area contributed by atoms with E-state index in [1.54, 1.807) is 0 Å². The zero-order valence-electron chi connectivity index (χ0n) is 10.7. The topological polar surface area (TPSA) is 134 Å². The predicted octanol–water partition coefficient (Wildman–Crippen LogP) is 0.467. The molecule has 2 rings (SSSR count). The number of nitro groups is 1. The third kappa shape index (κ3) is 2.73. The average molecular weight is 291 g/mol. The Kier molecular flexibility index (Phi) is 3.69. The van der Waals surface area contributed by atoms with E-state index < -0.39 is 28.7 Å². The fourth-order valence-corrected chi connectivity index (χ4v) is 1.62. The van der Waals surface area contributed by atoms with Gasteiger partial charge in [0.15, 0.2) is 5.69 Å². The summed E-state index contributed by atoms with van der Waals surface area (Å²) in [5.41, 5.74) is 1.63. The lowest BCUT2D eigenvalue weighted by molar-refractivity contribution is -0.384. The Morgan fingerprint density at radius 1 is 1.38 bits per heavy atom. The second kappa shape index (κ2) is 5.45. The summed E-state index contributed by atoms with van der Waals surface area (Å²) in [7, 11) is 0. The van der Waals surface area contributed by atoms with E-state index in [1.165, 1.54) is 24.3 Å². The van der Waals surface area contributed by atoms with Gasteiger partial charge < -0.3 is 0 Å². The molecule has 1 aliphatic heterocycles. The maximum Gasteiger partial charge on any atom is 0.296 e. The summed E-state index contributed by atoms with van der Waals surface area (Å²) in [5.74, 6) is -2.37. The maximum absolute atomic E-state index is 11.7. The number of amides is 3. The monoisotopic (exact) mass is 291 g/mol. The molecule has 10 nitrogen and oxygen atoms in total. The van der Waals surface area contributed by atoms with Gasteiger partial charge in [-0.15, -0.1) is 5.11 Å². The Hall–Kier alpha value is -3.17. The van der Waals surface area contributed by atoms with Gasteiger partial charge >= 0.3 is 0 Å². The van der Waals surface area contributed by atoms with Crippen LogP contribution < -0.4 is 5.43 Å². The molecule has 0 saturated carbocycles. The summed E-state index contributed by atoms with van der Waals surface area (Å²) in [6.07, 6.45) is 0. The molecule has 1 heterocycles. The van der Waals surface area contributed by atoms with Crippen LogP contribution in [0.25, 0.3) is 0 Å². The number of nitrogens with one attached hydrogen (secondary N) is 1. The molecule has 0 spiro atoms. The van der Waals surface area contributed by atoms with Crippen molar-refractivity contribution in [1.29, 1.82) is 0 Å². The van der Waals surface area contributed by atoms with Crippen LogP contribution in [-0.2, 0) is 14.4 Å². The Bertz CT molecular complexity index is 671. The second-order valence-electron chi connectivity index (χ2n) is 4.03. The van der Waals surface area contributed by atoms with Gasteiger partial charge in [-0.05, 0) is 6.07 Å². The van der Waals surface area contributed by atoms with E-state index in [2.05, 4.69) is 10.2 Å². The summed E-state index contributed by atoms with van der Waals surface area (Å²) in [6, 6.07) is 3.95. The predicted molar refractivity (Wildman–Crippen MR) is 67.1 cm³/mol. The third-order valence-electron chi connectivity index (χ3n) is 2.60. The number of nitro benzene ring substituents is 1. The number of benzene rings is 1. The van der Waals surface area contributed by atoms with Gasteiger partial charge in [0.2, 0.25) is 11.9 Å². The van der Waals surface area contributed by atoms with Crippen LogP contribution in [0.1, 0.15) is 6.92 Å². The van der Waals surface area contributed by atoms with E-state index in [0.717, 1.165) is 6.92 Å². The largest absolute Gasteiger partial charge is 0.296 e. The molecule has 1 aliphatic rings. The first kappa shape index (κ1) is 14.2. The molecule has 1 saturated heterocycles. The minimum Gasteiger partial charge on any atom is -0.273 e. The quantitative estimate of drug-likeness (QED) is 0.373. The van der Waals surface area contributed by atoms with E-state index in [0.29, 0.717) is 5.01 Å². The number of hydrogen-bond acceptors (Lipinski definition) is 7. The zero-order valence-corrected chi connectivity index (χ0v) is 10.7. The molecule has 1 fully saturated rings. The van der Waals surface area contributed by atoms with E-state index in [4.69, 9.17) is 0 Å². The minimum atomic E-state index is -1.53. The highest BCUT2D eigenvalue weighted by Crippen LogP contribution is 2.27. The highest BCUT2D eigenvalue weighted by atomic mass is 16.6. The van der Waals surface area contributed by atoms with Crippen molar-refractivity contribution in [1.82, 2.24) is 10.4 Å². The van der Waals surface area contributed by atoms with Crippen LogP contribution in [0.2, 0.25) is 0 Å². The standard InChI is InChI=1S/C11H9N5O5/c1-6(17)15-11(19)9(10(18)14-15)13-12-7-4-2-3-5-8(7)16(20)21/h2-5,9H,1H3,(H,14,18). The molecule has 1 aromatic carbocycles. The van der Waals surface area contributed by atoms with E-state index >= 15 is 0 Å². The number of carbonyl (C=O) groups excluding carboxylic acids is 3. The summed E-state index contributed by atoms with van der Waals surface area (Å²) in [4.78, 5) is 44.5. The molecule has 1 N–H and O–H groups in total. The summed E-state index contributed by atoms with van der Waals surface area (Å²) >= 11 is 0. The lowest BCUT2D eigenvalue weighted by Crippen LogP contribution is -2.39. The first-order valence-electron chi connectivity index (χ1n) is 5.71. The maximum atomic E-state index is 11.7. The van der Waals surface area contributed by atoms with Gasteiger partial charge in [0.05, 0.1) is 4.92 Å². The van der Waals surface area contributed by atoms with Crippen LogP contribution in [-0.4, -0.2) is 33.7 Å². The highest BCUT2D eigenvalue weighted by molar-refractivity contribution is 6.14. The molecule has 0 aromatic heterocycles.